The van der Waals surface area contributed by atoms with E-state index in [0.29, 0.717) is 13.2 Å². The maximum Gasteiger partial charge on any atom is 0.209 e. The molecule has 0 aromatic carbocycles. The van der Waals surface area contributed by atoms with Gasteiger partial charge < -0.3 is 15.2 Å². The molecular formula is C4H8NO2. The molecule has 3 heteroatoms. The second-order valence-corrected chi connectivity index (χ2v) is 1.52. The van der Waals surface area contributed by atoms with Gasteiger partial charge in [-0.15, -0.1) is 0 Å². The summed E-state index contributed by atoms with van der Waals surface area (Å²) in [5, 5.41) is 0. The molecule has 2 N–H and O–H groups in total. The van der Waals surface area contributed by atoms with Crippen LogP contribution in [0.3, 0.4) is 0 Å². The summed E-state index contributed by atoms with van der Waals surface area (Å²) in [4.78, 5) is 0. The molecule has 1 saturated heterocycles. The van der Waals surface area contributed by atoms with Gasteiger partial charge in [0.1, 0.15) is 0 Å². The van der Waals surface area contributed by atoms with E-state index in [0.717, 1.165) is 0 Å². The predicted octanol–water partition coefficient (Wildman–Crippen LogP) is -0.520. The van der Waals surface area contributed by atoms with Crippen LogP contribution < -0.4 is 5.73 Å². The lowest BCUT2D eigenvalue weighted by atomic mass is 10.3. The fraction of sp³-hybridized carbons (Fsp3) is 0.750. The van der Waals surface area contributed by atoms with Crippen LogP contribution in [-0.2, 0) is 9.47 Å². The number of ether oxygens (including phenoxy) is 2. The van der Waals surface area contributed by atoms with Crippen molar-refractivity contribution < 1.29 is 9.47 Å². The highest BCUT2D eigenvalue weighted by Gasteiger charge is 2.07. The van der Waals surface area contributed by atoms with Crippen molar-refractivity contribution in [3.63, 3.8) is 0 Å². The summed E-state index contributed by atoms with van der Waals surface area (Å²) < 4.78 is 9.42. The zero-order valence-electron chi connectivity index (χ0n) is 3.96. The molecule has 1 heterocycles. The van der Waals surface area contributed by atoms with Crippen molar-refractivity contribution in [2.75, 3.05) is 13.2 Å². The fourth-order valence-electron chi connectivity index (χ4n) is 0.422. The third kappa shape index (κ3) is 1.43. The van der Waals surface area contributed by atoms with Crippen molar-refractivity contribution in [1.82, 2.24) is 0 Å². The van der Waals surface area contributed by atoms with E-state index in [1.54, 1.807) is 0 Å². The maximum atomic E-state index is 5.36. The number of hydrogen-bond donors (Lipinski definition) is 1. The largest absolute Gasteiger partial charge is 0.346 e. The Labute approximate surface area is 42.4 Å². The molecule has 1 rings (SSSR count). The van der Waals surface area contributed by atoms with Crippen molar-refractivity contribution >= 4 is 0 Å². The second-order valence-electron chi connectivity index (χ2n) is 1.52. The molecule has 0 saturated carbocycles. The van der Waals surface area contributed by atoms with Crippen LogP contribution in [0.2, 0.25) is 0 Å². The van der Waals surface area contributed by atoms with Gasteiger partial charge in [0.05, 0.1) is 19.3 Å². The molecule has 0 spiro atoms. The van der Waals surface area contributed by atoms with E-state index in [2.05, 4.69) is 0 Å². The van der Waals surface area contributed by atoms with Gasteiger partial charge >= 0.3 is 0 Å². The van der Waals surface area contributed by atoms with Crippen molar-refractivity contribution in [3.05, 3.63) is 6.79 Å². The standard InChI is InChI=1S/C4H8NO2/c5-4-1-6-3-7-2-4/h3-4H,1-2,5H2. The SMILES string of the molecule is NC1CO[CH]OC1. The lowest BCUT2D eigenvalue weighted by molar-refractivity contribution is -0.0394. The van der Waals surface area contributed by atoms with Crippen LogP contribution in [0.1, 0.15) is 0 Å². The van der Waals surface area contributed by atoms with Gasteiger partial charge in [-0.3, -0.25) is 0 Å². The third-order valence-electron chi connectivity index (χ3n) is 0.757. The number of hydrogen-bond acceptors (Lipinski definition) is 3. The van der Waals surface area contributed by atoms with Gasteiger partial charge in [0.2, 0.25) is 6.79 Å². The molecule has 0 aromatic rings. The minimum absolute atomic E-state index is 0.0602. The van der Waals surface area contributed by atoms with Crippen LogP contribution in [0, 0.1) is 6.79 Å². The Kier molecular flexibility index (Phi) is 1.62. The summed E-state index contributed by atoms with van der Waals surface area (Å²) in [6.07, 6.45) is 0. The van der Waals surface area contributed by atoms with E-state index < -0.39 is 0 Å². The zero-order valence-corrected chi connectivity index (χ0v) is 3.96. The molecule has 41 valence electrons. The lowest BCUT2D eigenvalue weighted by Crippen LogP contribution is -2.34. The molecule has 1 fully saturated rings. The molecule has 0 bridgehead atoms. The van der Waals surface area contributed by atoms with Gasteiger partial charge in [-0.1, -0.05) is 0 Å². The molecule has 1 radical (unpaired) electrons. The highest BCUT2D eigenvalue weighted by Crippen LogP contribution is 1.95. The summed E-state index contributed by atoms with van der Waals surface area (Å²) in [6, 6.07) is 0.0602. The van der Waals surface area contributed by atoms with Gasteiger partial charge in [-0.25, -0.2) is 0 Å². The van der Waals surface area contributed by atoms with Gasteiger partial charge in [0.25, 0.3) is 0 Å². The summed E-state index contributed by atoms with van der Waals surface area (Å²) in [7, 11) is 0. The zero-order chi connectivity index (χ0) is 5.11. The lowest BCUT2D eigenvalue weighted by Gasteiger charge is -2.16. The Morgan fingerprint density at radius 3 is 2.29 bits per heavy atom. The maximum absolute atomic E-state index is 5.36. The first-order valence-electron chi connectivity index (χ1n) is 2.20. The van der Waals surface area contributed by atoms with Crippen LogP contribution in [0.4, 0.5) is 0 Å². The average Bonchev–Trinajstić information content (AvgIpc) is 1.69. The Balaban J connectivity index is 2.12. The highest BCUT2D eigenvalue weighted by molar-refractivity contribution is 4.61. The van der Waals surface area contributed by atoms with E-state index in [9.17, 15) is 0 Å². The molecule has 7 heavy (non-hydrogen) atoms. The fourth-order valence-corrected chi connectivity index (χ4v) is 0.422. The van der Waals surface area contributed by atoms with E-state index in [1.165, 1.54) is 6.79 Å². The minimum atomic E-state index is 0.0602. The van der Waals surface area contributed by atoms with E-state index in [4.69, 9.17) is 15.2 Å². The van der Waals surface area contributed by atoms with Crippen LogP contribution in [-0.4, -0.2) is 19.3 Å². The Morgan fingerprint density at radius 2 is 2.00 bits per heavy atom. The predicted molar refractivity (Wildman–Crippen MR) is 24.2 cm³/mol. The summed E-state index contributed by atoms with van der Waals surface area (Å²) >= 11 is 0. The Morgan fingerprint density at radius 1 is 1.43 bits per heavy atom. The van der Waals surface area contributed by atoms with Gasteiger partial charge in [-0.05, 0) is 0 Å². The van der Waals surface area contributed by atoms with Crippen LogP contribution in [0.15, 0.2) is 0 Å². The molecule has 0 aliphatic carbocycles. The quantitative estimate of drug-likeness (QED) is 0.447. The van der Waals surface area contributed by atoms with Crippen molar-refractivity contribution in [2.24, 2.45) is 5.73 Å². The van der Waals surface area contributed by atoms with Gasteiger partial charge in [0, 0.05) is 0 Å². The van der Waals surface area contributed by atoms with E-state index in [-0.39, 0.29) is 6.04 Å². The number of nitrogens with two attached hydrogens (primary N) is 1. The molecule has 0 amide bonds. The first-order valence-corrected chi connectivity index (χ1v) is 2.20. The monoisotopic (exact) mass is 102 g/mol. The average molecular weight is 102 g/mol. The topological polar surface area (TPSA) is 44.5 Å². The Bertz CT molecular complexity index is 51.7. The molecule has 1 aliphatic rings. The first kappa shape index (κ1) is 5.03. The summed E-state index contributed by atoms with van der Waals surface area (Å²) in [5.74, 6) is 0. The highest BCUT2D eigenvalue weighted by atomic mass is 16.7. The molecule has 0 atom stereocenters. The van der Waals surface area contributed by atoms with Gasteiger partial charge in [-0.2, -0.15) is 0 Å². The molecular weight excluding hydrogens is 94.0 g/mol. The Hall–Kier alpha value is -0.120. The van der Waals surface area contributed by atoms with Crippen LogP contribution >= 0.6 is 0 Å². The molecule has 3 nitrogen and oxygen atoms in total. The van der Waals surface area contributed by atoms with E-state index >= 15 is 0 Å². The van der Waals surface area contributed by atoms with Crippen LogP contribution in [0.25, 0.3) is 0 Å². The van der Waals surface area contributed by atoms with Crippen molar-refractivity contribution in [1.29, 1.82) is 0 Å². The van der Waals surface area contributed by atoms with E-state index in [1.807, 2.05) is 0 Å². The smallest absolute Gasteiger partial charge is 0.209 e. The molecule has 0 unspecified atom stereocenters. The number of rotatable bonds is 0. The molecule has 1 aliphatic heterocycles. The van der Waals surface area contributed by atoms with Crippen LogP contribution in [0.5, 0.6) is 0 Å². The second kappa shape index (κ2) is 2.26. The summed E-state index contributed by atoms with van der Waals surface area (Å²) in [5.41, 5.74) is 5.36. The molecule has 0 aromatic heterocycles. The minimum Gasteiger partial charge on any atom is -0.346 e. The van der Waals surface area contributed by atoms with Gasteiger partial charge in [0.15, 0.2) is 0 Å². The summed E-state index contributed by atoms with van der Waals surface area (Å²) in [6.45, 7) is 2.49. The van der Waals surface area contributed by atoms with Crippen molar-refractivity contribution in [3.8, 4) is 0 Å². The first-order chi connectivity index (χ1) is 3.39. The normalized spacial score (nSPS) is 25.3. The third-order valence-corrected chi connectivity index (χ3v) is 0.757. The van der Waals surface area contributed by atoms with Crippen molar-refractivity contribution in [2.45, 2.75) is 6.04 Å².